The molecule has 1 aromatic carbocycles. The number of aryl methyl sites for hydroxylation is 1. The van der Waals surface area contributed by atoms with E-state index < -0.39 is 0 Å². The predicted octanol–water partition coefficient (Wildman–Crippen LogP) is 4.13. The maximum atomic E-state index is 5.53. The van der Waals surface area contributed by atoms with Gasteiger partial charge in [-0.2, -0.15) is 0 Å². The number of benzene rings is 1. The van der Waals surface area contributed by atoms with Crippen molar-refractivity contribution in [3.63, 3.8) is 0 Å². The van der Waals surface area contributed by atoms with E-state index in [2.05, 4.69) is 4.98 Å². The molecule has 0 N–H and O–H groups in total. The molecule has 3 rings (SSSR count). The third kappa shape index (κ3) is 2.63. The lowest BCUT2D eigenvalue weighted by atomic mass is 10.1. The van der Waals surface area contributed by atoms with E-state index in [1.165, 1.54) is 0 Å². The minimum absolute atomic E-state index is 0.757. The molecule has 0 atom stereocenters. The fraction of sp³-hybridized carbons (Fsp3) is 0.111. The van der Waals surface area contributed by atoms with Gasteiger partial charge < -0.3 is 4.74 Å². The molecule has 0 spiro atoms. The molecule has 0 aliphatic heterocycles. The van der Waals surface area contributed by atoms with E-state index in [1.807, 2.05) is 61.5 Å². The summed E-state index contributed by atoms with van der Waals surface area (Å²) in [5.41, 5.74) is 4.74. The first-order chi connectivity index (χ1) is 10.3. The van der Waals surface area contributed by atoms with E-state index in [0.29, 0.717) is 0 Å². The van der Waals surface area contributed by atoms with E-state index in [1.54, 1.807) is 13.3 Å². The molecule has 3 nitrogen and oxygen atoms in total. The molecule has 21 heavy (non-hydrogen) atoms. The van der Waals surface area contributed by atoms with Crippen molar-refractivity contribution in [2.75, 3.05) is 7.11 Å². The Kier molecular flexibility index (Phi) is 3.65. The Morgan fingerprint density at radius 2 is 1.71 bits per heavy atom. The summed E-state index contributed by atoms with van der Waals surface area (Å²) >= 11 is 0. The number of rotatable bonds is 3. The van der Waals surface area contributed by atoms with Crippen LogP contribution >= 0.6 is 0 Å². The molecule has 3 aromatic rings. The van der Waals surface area contributed by atoms with Gasteiger partial charge in [0, 0.05) is 23.0 Å². The van der Waals surface area contributed by atoms with Gasteiger partial charge in [-0.05, 0) is 25.1 Å². The van der Waals surface area contributed by atoms with Gasteiger partial charge >= 0.3 is 0 Å². The quantitative estimate of drug-likeness (QED) is 0.721. The monoisotopic (exact) mass is 276 g/mol. The lowest BCUT2D eigenvalue weighted by Gasteiger charge is -2.12. The van der Waals surface area contributed by atoms with Crippen LogP contribution in [0, 0.1) is 6.92 Å². The van der Waals surface area contributed by atoms with Crippen molar-refractivity contribution in [2.24, 2.45) is 0 Å². The van der Waals surface area contributed by atoms with Crippen LogP contribution in [0.2, 0.25) is 0 Å². The molecular weight excluding hydrogens is 260 g/mol. The third-order valence-electron chi connectivity index (χ3n) is 3.39. The summed E-state index contributed by atoms with van der Waals surface area (Å²) < 4.78 is 5.53. The number of aromatic nitrogens is 2. The van der Waals surface area contributed by atoms with Crippen LogP contribution in [0.3, 0.4) is 0 Å². The summed E-state index contributed by atoms with van der Waals surface area (Å²) in [7, 11) is 1.67. The average Bonchev–Trinajstić information content (AvgIpc) is 2.56. The van der Waals surface area contributed by atoms with Crippen LogP contribution in [0.5, 0.6) is 5.75 Å². The number of methoxy groups -OCH3 is 1. The van der Waals surface area contributed by atoms with E-state index in [9.17, 15) is 0 Å². The highest BCUT2D eigenvalue weighted by molar-refractivity contribution is 5.73. The van der Waals surface area contributed by atoms with E-state index in [-0.39, 0.29) is 0 Å². The van der Waals surface area contributed by atoms with Crippen molar-refractivity contribution in [3.05, 3.63) is 66.5 Å². The van der Waals surface area contributed by atoms with Crippen molar-refractivity contribution in [1.29, 1.82) is 0 Å². The van der Waals surface area contributed by atoms with Crippen LogP contribution in [0.1, 0.15) is 5.69 Å². The van der Waals surface area contributed by atoms with Crippen molar-refractivity contribution in [1.82, 2.24) is 9.97 Å². The first-order valence-corrected chi connectivity index (χ1v) is 6.82. The first-order valence-electron chi connectivity index (χ1n) is 6.82. The van der Waals surface area contributed by atoms with Crippen LogP contribution in [-0.2, 0) is 0 Å². The molecule has 0 aliphatic rings. The second-order valence-electron chi connectivity index (χ2n) is 4.75. The van der Waals surface area contributed by atoms with Gasteiger partial charge in [-0.1, -0.05) is 36.4 Å². The summed E-state index contributed by atoms with van der Waals surface area (Å²) in [6.45, 7) is 2.00. The Bertz CT molecular complexity index is 740. The normalized spacial score (nSPS) is 10.4. The minimum Gasteiger partial charge on any atom is -0.494 e. The molecular formula is C18H16N2O. The second-order valence-corrected chi connectivity index (χ2v) is 4.75. The lowest BCUT2D eigenvalue weighted by Crippen LogP contribution is -1.97. The van der Waals surface area contributed by atoms with Crippen molar-refractivity contribution in [3.8, 4) is 28.3 Å². The number of pyridine rings is 2. The van der Waals surface area contributed by atoms with Gasteiger partial charge in [0.1, 0.15) is 11.4 Å². The van der Waals surface area contributed by atoms with Crippen molar-refractivity contribution in [2.45, 2.75) is 6.92 Å². The average molecular weight is 276 g/mol. The Labute approximate surface area is 124 Å². The lowest BCUT2D eigenvalue weighted by molar-refractivity contribution is 0.415. The van der Waals surface area contributed by atoms with Crippen LogP contribution in [-0.4, -0.2) is 17.1 Å². The Balaban J connectivity index is 2.16. The molecule has 0 saturated carbocycles. The van der Waals surface area contributed by atoms with Crippen LogP contribution < -0.4 is 4.74 Å². The van der Waals surface area contributed by atoms with Gasteiger partial charge in [-0.25, -0.2) is 4.98 Å². The molecule has 0 aliphatic carbocycles. The number of ether oxygens (including phenoxy) is 1. The van der Waals surface area contributed by atoms with Crippen LogP contribution in [0.25, 0.3) is 22.5 Å². The van der Waals surface area contributed by atoms with Gasteiger partial charge in [0.2, 0.25) is 0 Å². The molecule has 2 heterocycles. The zero-order valence-electron chi connectivity index (χ0n) is 12.1. The summed E-state index contributed by atoms with van der Waals surface area (Å²) in [6.07, 6.45) is 1.78. The standard InChI is InChI=1S/C18H16N2O/c1-13-15(16-10-6-7-11-19-16)12-17(21-2)18(20-13)14-8-4-3-5-9-14/h3-12H,1-2H3. The first kappa shape index (κ1) is 13.3. The summed E-state index contributed by atoms with van der Waals surface area (Å²) in [5.74, 6) is 0.757. The molecule has 0 radical (unpaired) electrons. The highest BCUT2D eigenvalue weighted by Crippen LogP contribution is 2.33. The number of nitrogens with zero attached hydrogens (tertiary/aromatic N) is 2. The highest BCUT2D eigenvalue weighted by Gasteiger charge is 2.13. The highest BCUT2D eigenvalue weighted by atomic mass is 16.5. The largest absolute Gasteiger partial charge is 0.494 e. The van der Waals surface area contributed by atoms with Gasteiger partial charge in [-0.3, -0.25) is 4.98 Å². The third-order valence-corrected chi connectivity index (χ3v) is 3.39. The fourth-order valence-corrected chi connectivity index (χ4v) is 2.33. The zero-order valence-corrected chi connectivity index (χ0v) is 12.1. The van der Waals surface area contributed by atoms with Gasteiger partial charge in [0.15, 0.2) is 0 Å². The maximum absolute atomic E-state index is 5.53. The molecule has 3 heteroatoms. The van der Waals surface area contributed by atoms with Crippen LogP contribution in [0.15, 0.2) is 60.8 Å². The molecule has 0 bridgehead atoms. The van der Waals surface area contributed by atoms with Crippen molar-refractivity contribution >= 4 is 0 Å². The Hall–Kier alpha value is -2.68. The van der Waals surface area contributed by atoms with Gasteiger partial charge in [0.05, 0.1) is 12.8 Å². The van der Waals surface area contributed by atoms with Crippen molar-refractivity contribution < 1.29 is 4.74 Å². The second kappa shape index (κ2) is 5.75. The Morgan fingerprint density at radius 3 is 2.38 bits per heavy atom. The predicted molar refractivity (Wildman–Crippen MR) is 84.2 cm³/mol. The van der Waals surface area contributed by atoms with Crippen LogP contribution in [0.4, 0.5) is 0 Å². The maximum Gasteiger partial charge on any atom is 0.145 e. The van der Waals surface area contributed by atoms with Gasteiger partial charge in [-0.15, -0.1) is 0 Å². The van der Waals surface area contributed by atoms with Gasteiger partial charge in [0.25, 0.3) is 0 Å². The molecule has 0 fully saturated rings. The Morgan fingerprint density at radius 1 is 0.952 bits per heavy atom. The van der Waals surface area contributed by atoms with E-state index in [0.717, 1.165) is 34.0 Å². The number of hydrogen-bond donors (Lipinski definition) is 0. The minimum atomic E-state index is 0.757. The molecule has 0 unspecified atom stereocenters. The smallest absolute Gasteiger partial charge is 0.145 e. The number of hydrogen-bond acceptors (Lipinski definition) is 3. The SMILES string of the molecule is COc1cc(-c2ccccn2)c(C)nc1-c1ccccc1. The zero-order chi connectivity index (χ0) is 14.7. The van der Waals surface area contributed by atoms with E-state index >= 15 is 0 Å². The summed E-state index contributed by atoms with van der Waals surface area (Å²) in [5, 5.41) is 0. The molecule has 0 saturated heterocycles. The topological polar surface area (TPSA) is 35.0 Å². The fourth-order valence-electron chi connectivity index (χ4n) is 2.33. The van der Waals surface area contributed by atoms with E-state index in [4.69, 9.17) is 9.72 Å². The molecule has 2 aromatic heterocycles. The molecule has 104 valence electrons. The summed E-state index contributed by atoms with van der Waals surface area (Å²) in [4.78, 5) is 9.12. The summed E-state index contributed by atoms with van der Waals surface area (Å²) in [6, 6.07) is 17.9. The molecule has 0 amide bonds.